The first kappa shape index (κ1) is 19.4. The number of hydrogen-bond donors (Lipinski definition) is 4. The number of carbonyl (C=O) groups is 3. The summed E-state index contributed by atoms with van der Waals surface area (Å²) in [5.41, 5.74) is 5.79. The molecule has 0 heterocycles. The molecule has 0 saturated heterocycles. The zero-order chi connectivity index (χ0) is 16.6. The first-order valence-corrected chi connectivity index (χ1v) is 7.24. The van der Waals surface area contributed by atoms with Crippen molar-refractivity contribution in [3.05, 3.63) is 0 Å². The van der Waals surface area contributed by atoms with Crippen molar-refractivity contribution in [2.24, 2.45) is 17.6 Å². The van der Waals surface area contributed by atoms with Crippen LogP contribution in [-0.2, 0) is 14.4 Å². The van der Waals surface area contributed by atoms with Crippen LogP contribution in [0.25, 0.3) is 0 Å². The highest BCUT2D eigenvalue weighted by Gasteiger charge is 2.28. The molecule has 0 aliphatic carbocycles. The number of carbonyl (C=O) groups excluding carboxylic acids is 2. The summed E-state index contributed by atoms with van der Waals surface area (Å²) in [6, 6.07) is -1.45. The number of rotatable bonds is 9. The number of nitrogens with two attached hydrogens (primary N) is 1. The van der Waals surface area contributed by atoms with Gasteiger partial charge in [0.2, 0.25) is 11.8 Å². The summed E-state index contributed by atoms with van der Waals surface area (Å²) in [6.45, 7) is 7.15. The lowest BCUT2D eigenvalue weighted by molar-refractivity contribution is -0.138. The molecule has 0 aromatic heterocycles. The van der Waals surface area contributed by atoms with E-state index in [-0.39, 0.29) is 17.7 Å². The van der Waals surface area contributed by atoms with Gasteiger partial charge in [0.1, 0.15) is 12.6 Å². The van der Waals surface area contributed by atoms with Crippen molar-refractivity contribution < 1.29 is 19.5 Å². The van der Waals surface area contributed by atoms with E-state index in [1.807, 2.05) is 27.7 Å². The van der Waals surface area contributed by atoms with Crippen LogP contribution < -0.4 is 16.4 Å². The van der Waals surface area contributed by atoms with E-state index in [0.717, 1.165) is 0 Å². The summed E-state index contributed by atoms with van der Waals surface area (Å²) in [6.07, 6.45) is 1.20. The number of amides is 2. The van der Waals surface area contributed by atoms with Crippen molar-refractivity contribution in [1.82, 2.24) is 10.6 Å². The van der Waals surface area contributed by atoms with Gasteiger partial charge in [-0.25, -0.2) is 0 Å². The number of nitrogens with one attached hydrogen (secondary N) is 2. The van der Waals surface area contributed by atoms with Crippen LogP contribution in [0.5, 0.6) is 0 Å². The Morgan fingerprint density at radius 3 is 2.14 bits per heavy atom. The van der Waals surface area contributed by atoms with E-state index in [1.54, 1.807) is 0 Å². The van der Waals surface area contributed by atoms with Crippen molar-refractivity contribution in [3.63, 3.8) is 0 Å². The molecule has 122 valence electrons. The molecule has 3 unspecified atom stereocenters. The van der Waals surface area contributed by atoms with Crippen LogP contribution in [0.2, 0.25) is 0 Å². The third kappa shape index (κ3) is 7.65. The summed E-state index contributed by atoms with van der Waals surface area (Å²) in [5, 5.41) is 13.5. The third-order valence-corrected chi connectivity index (χ3v) is 3.27. The Labute approximate surface area is 125 Å². The molecule has 0 aliphatic rings. The maximum atomic E-state index is 12.0. The predicted molar refractivity (Wildman–Crippen MR) is 79.5 cm³/mol. The third-order valence-electron chi connectivity index (χ3n) is 3.27. The largest absolute Gasteiger partial charge is 0.480 e. The second-order valence-electron chi connectivity index (χ2n) is 5.72. The van der Waals surface area contributed by atoms with Gasteiger partial charge in [-0.3, -0.25) is 14.4 Å². The molecule has 0 bridgehead atoms. The molecular weight excluding hydrogens is 274 g/mol. The molecule has 7 heteroatoms. The fourth-order valence-electron chi connectivity index (χ4n) is 1.85. The summed E-state index contributed by atoms with van der Waals surface area (Å²) >= 11 is 0. The van der Waals surface area contributed by atoms with Gasteiger partial charge in [-0.2, -0.15) is 0 Å². The molecule has 0 aromatic carbocycles. The molecule has 0 aliphatic heterocycles. The summed E-state index contributed by atoms with van der Waals surface area (Å²) in [5.74, 6) is -1.87. The van der Waals surface area contributed by atoms with Crippen LogP contribution in [0, 0.1) is 11.8 Å². The molecule has 0 fully saturated rings. The van der Waals surface area contributed by atoms with Crippen LogP contribution in [-0.4, -0.2) is 41.5 Å². The van der Waals surface area contributed by atoms with Gasteiger partial charge in [-0.1, -0.05) is 34.1 Å². The number of carboxylic acids is 1. The quantitative estimate of drug-likeness (QED) is 0.481. The van der Waals surface area contributed by atoms with Gasteiger partial charge in [0.25, 0.3) is 0 Å². The zero-order valence-electron chi connectivity index (χ0n) is 13.2. The second kappa shape index (κ2) is 9.33. The minimum Gasteiger partial charge on any atom is -0.480 e. The van der Waals surface area contributed by atoms with Crippen LogP contribution in [0.3, 0.4) is 0 Å². The Hall–Kier alpha value is -1.63. The van der Waals surface area contributed by atoms with E-state index < -0.39 is 30.5 Å². The van der Waals surface area contributed by atoms with Crippen molar-refractivity contribution in [2.75, 3.05) is 6.54 Å². The van der Waals surface area contributed by atoms with Gasteiger partial charge in [0, 0.05) is 0 Å². The fourth-order valence-corrected chi connectivity index (χ4v) is 1.85. The molecule has 2 amide bonds. The topological polar surface area (TPSA) is 122 Å². The van der Waals surface area contributed by atoms with E-state index in [9.17, 15) is 14.4 Å². The van der Waals surface area contributed by atoms with Gasteiger partial charge < -0.3 is 21.5 Å². The monoisotopic (exact) mass is 301 g/mol. The lowest BCUT2D eigenvalue weighted by atomic mass is 9.97. The Morgan fingerprint density at radius 2 is 1.71 bits per heavy atom. The highest BCUT2D eigenvalue weighted by molar-refractivity contribution is 5.91. The standard InChI is InChI=1S/C14H27N3O4/c1-5-9(4)12(14(21)16-7-11(18)19)17-13(20)10(15)6-8(2)3/h8-10,12H,5-7,15H2,1-4H3,(H,16,21)(H,17,20)(H,18,19). The molecule has 0 aromatic rings. The van der Waals surface area contributed by atoms with E-state index >= 15 is 0 Å². The van der Waals surface area contributed by atoms with Gasteiger partial charge in [-0.15, -0.1) is 0 Å². The average molecular weight is 301 g/mol. The zero-order valence-corrected chi connectivity index (χ0v) is 13.2. The Morgan fingerprint density at radius 1 is 1.14 bits per heavy atom. The van der Waals surface area contributed by atoms with E-state index in [2.05, 4.69) is 10.6 Å². The molecular formula is C14H27N3O4. The van der Waals surface area contributed by atoms with Crippen LogP contribution in [0.1, 0.15) is 40.5 Å². The lowest BCUT2D eigenvalue weighted by Crippen LogP contribution is -2.54. The first-order valence-electron chi connectivity index (χ1n) is 7.24. The van der Waals surface area contributed by atoms with Crippen LogP contribution in [0.15, 0.2) is 0 Å². The second-order valence-corrected chi connectivity index (χ2v) is 5.72. The van der Waals surface area contributed by atoms with Crippen LogP contribution >= 0.6 is 0 Å². The van der Waals surface area contributed by atoms with Crippen molar-refractivity contribution in [1.29, 1.82) is 0 Å². The molecule has 21 heavy (non-hydrogen) atoms. The van der Waals surface area contributed by atoms with Gasteiger partial charge in [0.15, 0.2) is 0 Å². The molecule has 3 atom stereocenters. The molecule has 0 rings (SSSR count). The van der Waals surface area contributed by atoms with Gasteiger partial charge >= 0.3 is 5.97 Å². The molecule has 0 saturated carbocycles. The maximum Gasteiger partial charge on any atom is 0.322 e. The summed E-state index contributed by atoms with van der Waals surface area (Å²) < 4.78 is 0. The van der Waals surface area contributed by atoms with Gasteiger partial charge in [-0.05, 0) is 18.3 Å². The molecule has 5 N–H and O–H groups in total. The van der Waals surface area contributed by atoms with E-state index in [0.29, 0.717) is 12.8 Å². The van der Waals surface area contributed by atoms with E-state index in [1.165, 1.54) is 0 Å². The minimum atomic E-state index is -1.13. The lowest BCUT2D eigenvalue weighted by Gasteiger charge is -2.25. The molecule has 0 radical (unpaired) electrons. The van der Waals surface area contributed by atoms with Crippen molar-refractivity contribution in [3.8, 4) is 0 Å². The highest BCUT2D eigenvalue weighted by atomic mass is 16.4. The highest BCUT2D eigenvalue weighted by Crippen LogP contribution is 2.09. The van der Waals surface area contributed by atoms with Crippen molar-refractivity contribution in [2.45, 2.75) is 52.6 Å². The average Bonchev–Trinajstić information content (AvgIpc) is 2.40. The Balaban J connectivity index is 4.72. The number of aliphatic carboxylic acids is 1. The van der Waals surface area contributed by atoms with E-state index in [4.69, 9.17) is 10.8 Å². The molecule has 0 spiro atoms. The molecule has 7 nitrogen and oxygen atoms in total. The Bertz CT molecular complexity index is 371. The smallest absolute Gasteiger partial charge is 0.322 e. The van der Waals surface area contributed by atoms with Crippen molar-refractivity contribution >= 4 is 17.8 Å². The SMILES string of the molecule is CCC(C)C(NC(=O)C(N)CC(C)C)C(=O)NCC(=O)O. The van der Waals surface area contributed by atoms with Crippen LogP contribution in [0.4, 0.5) is 0 Å². The normalized spacial score (nSPS) is 15.1. The predicted octanol–water partition coefficient (Wildman–Crippen LogP) is 0.0915. The minimum absolute atomic E-state index is 0.117. The Kier molecular flexibility index (Phi) is 8.61. The maximum absolute atomic E-state index is 12.0. The number of hydrogen-bond acceptors (Lipinski definition) is 4. The summed E-state index contributed by atoms with van der Waals surface area (Å²) in [7, 11) is 0. The summed E-state index contributed by atoms with van der Waals surface area (Å²) in [4.78, 5) is 34.5. The fraction of sp³-hybridized carbons (Fsp3) is 0.786. The van der Waals surface area contributed by atoms with Gasteiger partial charge in [0.05, 0.1) is 6.04 Å². The number of carboxylic acid groups (broad SMARTS) is 1. The first-order chi connectivity index (χ1) is 9.68.